The van der Waals surface area contributed by atoms with Crippen LogP contribution in [0.3, 0.4) is 0 Å². The number of phenolic OH excluding ortho intramolecular Hbond substituents is 2. The molecule has 0 unspecified atom stereocenters. The van der Waals surface area contributed by atoms with Gasteiger partial charge in [0.2, 0.25) is 0 Å². The van der Waals surface area contributed by atoms with Gasteiger partial charge in [0, 0.05) is 11.1 Å². The summed E-state index contributed by atoms with van der Waals surface area (Å²) in [5.74, 6) is 0.644. The Morgan fingerprint density at radius 2 is 0.897 bits per heavy atom. The lowest BCUT2D eigenvalue weighted by atomic mass is 9.67. The number of nitrogens with zero attached hydrogens (tertiary/aromatic N) is 2. The summed E-state index contributed by atoms with van der Waals surface area (Å²) in [5.41, 5.74) is 8.41. The van der Waals surface area contributed by atoms with E-state index < -0.39 is 5.41 Å². The molecule has 1 aliphatic rings. The fourth-order valence-corrected chi connectivity index (χ4v) is 5.94. The van der Waals surface area contributed by atoms with Crippen molar-refractivity contribution in [3.8, 4) is 22.6 Å². The molecule has 206 valence electrons. The first-order valence-electron chi connectivity index (χ1n) is 12.9. The number of phenols is 2. The maximum Gasteiger partial charge on any atom is 0.124 e. The van der Waals surface area contributed by atoms with Gasteiger partial charge in [-0.2, -0.15) is 0 Å². The molecule has 1 aliphatic carbocycles. The fourth-order valence-electron chi connectivity index (χ4n) is 5.94. The Kier molecular flexibility index (Phi) is 9.17. The Morgan fingerprint density at radius 3 is 1.26 bits per heavy atom. The van der Waals surface area contributed by atoms with Crippen molar-refractivity contribution in [3.63, 3.8) is 0 Å². The average Bonchev–Trinajstić information content (AvgIpc) is 3.12. The van der Waals surface area contributed by atoms with Gasteiger partial charge in [-0.25, -0.2) is 0 Å². The molecule has 0 spiro atoms. The molecule has 0 atom stereocenters. The van der Waals surface area contributed by atoms with Crippen molar-refractivity contribution in [2.75, 3.05) is 42.3 Å². The molecule has 0 bridgehead atoms. The predicted molar refractivity (Wildman–Crippen MR) is 151 cm³/mol. The Labute approximate surface area is 267 Å². The Balaban J connectivity index is 0.00000210. The van der Waals surface area contributed by atoms with Gasteiger partial charge in [0.05, 0.1) is 47.7 Å². The summed E-state index contributed by atoms with van der Waals surface area (Å²) in [4.78, 5) is 0. The Bertz CT molecular complexity index is 1370. The number of rotatable bonds is 6. The van der Waals surface area contributed by atoms with E-state index in [2.05, 4.69) is 115 Å². The van der Waals surface area contributed by atoms with Crippen molar-refractivity contribution in [3.05, 3.63) is 118 Å². The number of quaternary nitrogens is 2. The molecule has 0 radical (unpaired) electrons. The van der Waals surface area contributed by atoms with Gasteiger partial charge in [0.15, 0.2) is 0 Å². The lowest BCUT2D eigenvalue weighted by Gasteiger charge is -2.35. The van der Waals surface area contributed by atoms with Crippen molar-refractivity contribution >= 4 is 0 Å². The molecule has 0 fully saturated rings. The van der Waals surface area contributed by atoms with Gasteiger partial charge in [0.25, 0.3) is 0 Å². The highest BCUT2D eigenvalue weighted by molar-refractivity contribution is 5.86. The molecule has 4 aromatic rings. The van der Waals surface area contributed by atoms with E-state index in [1.807, 2.05) is 12.1 Å². The van der Waals surface area contributed by atoms with Crippen LogP contribution < -0.4 is 48.0 Å². The summed E-state index contributed by atoms with van der Waals surface area (Å²) in [6.07, 6.45) is 0. The minimum atomic E-state index is -0.576. The first-order valence-corrected chi connectivity index (χ1v) is 12.9. The monoisotopic (exact) mass is 748 g/mol. The van der Waals surface area contributed by atoms with Gasteiger partial charge in [-0.05, 0) is 57.6 Å². The molecule has 5 rings (SSSR count). The highest BCUT2D eigenvalue weighted by Gasteiger charge is 2.46. The Morgan fingerprint density at radius 1 is 0.538 bits per heavy atom. The third kappa shape index (κ3) is 5.85. The molecule has 2 N–H and O–H groups in total. The van der Waals surface area contributed by atoms with Crippen LogP contribution in [0.4, 0.5) is 0 Å². The zero-order valence-electron chi connectivity index (χ0n) is 23.5. The van der Waals surface area contributed by atoms with E-state index in [9.17, 15) is 10.2 Å². The van der Waals surface area contributed by atoms with E-state index >= 15 is 0 Å². The summed E-state index contributed by atoms with van der Waals surface area (Å²) in [7, 11) is 12.8. The maximum atomic E-state index is 10.8. The zero-order chi connectivity index (χ0) is 26.6. The van der Waals surface area contributed by atoms with Crippen LogP contribution in [0.25, 0.3) is 11.1 Å². The summed E-state index contributed by atoms with van der Waals surface area (Å²) in [6.45, 7) is 1.42. The van der Waals surface area contributed by atoms with Crippen molar-refractivity contribution in [2.45, 2.75) is 18.5 Å². The van der Waals surface area contributed by atoms with Gasteiger partial charge >= 0.3 is 0 Å². The van der Waals surface area contributed by atoms with Gasteiger partial charge in [-0.1, -0.05) is 60.7 Å². The minimum absolute atomic E-state index is 0. The van der Waals surface area contributed by atoms with Crippen molar-refractivity contribution in [1.82, 2.24) is 0 Å². The number of fused-ring (bicyclic) bond motifs is 3. The molecule has 0 heterocycles. The van der Waals surface area contributed by atoms with Crippen molar-refractivity contribution in [1.29, 1.82) is 0 Å². The average molecular weight is 748 g/mol. The van der Waals surface area contributed by atoms with Crippen LogP contribution in [-0.4, -0.2) is 61.5 Å². The summed E-state index contributed by atoms with van der Waals surface area (Å²) in [6, 6.07) is 29.5. The third-order valence-corrected chi connectivity index (χ3v) is 7.27. The molecular weight excluding hydrogens is 710 g/mol. The lowest BCUT2D eigenvalue weighted by molar-refractivity contribution is -0.884. The topological polar surface area (TPSA) is 40.5 Å². The van der Waals surface area contributed by atoms with Crippen LogP contribution in [0.1, 0.15) is 33.4 Å². The SMILES string of the molecule is C[N+](C)(C)Cc1cc(C2(c3ccc(O)c(C[N+](C)(C)C)c3)c3ccccc3-c3ccccc32)ccc1O.[I-].[I-]. The summed E-state index contributed by atoms with van der Waals surface area (Å²) in [5, 5.41) is 21.7. The Hall–Kier alpha value is -2.14. The van der Waals surface area contributed by atoms with Crippen molar-refractivity contribution in [2.24, 2.45) is 0 Å². The van der Waals surface area contributed by atoms with E-state index in [1.54, 1.807) is 0 Å². The van der Waals surface area contributed by atoms with E-state index in [-0.39, 0.29) is 48.0 Å². The van der Waals surface area contributed by atoms with Crippen LogP contribution in [0, 0.1) is 0 Å². The summed E-state index contributed by atoms with van der Waals surface area (Å²) < 4.78 is 1.42. The number of halogens is 2. The third-order valence-electron chi connectivity index (χ3n) is 7.27. The minimum Gasteiger partial charge on any atom is -1.00 e. The maximum absolute atomic E-state index is 10.8. The normalized spacial score (nSPS) is 13.6. The second-order valence-corrected chi connectivity index (χ2v) is 12.4. The van der Waals surface area contributed by atoms with E-state index in [0.717, 1.165) is 22.3 Å². The largest absolute Gasteiger partial charge is 1.00 e. The van der Waals surface area contributed by atoms with E-state index in [4.69, 9.17) is 0 Å². The standard InChI is InChI=1S/C33H36N2O2.2HI/c1-34(2,3)21-23-19-25(15-17-31(23)36)33(26-16-18-32(37)24(20-26)22-35(4,5)6)29-13-9-7-11-27(29)28-12-8-10-14-30(28)33;;/h7-20H,21-22H2,1-6H3;2*1H. The molecule has 4 aromatic carbocycles. The van der Waals surface area contributed by atoms with Gasteiger partial charge in [0.1, 0.15) is 24.6 Å². The second-order valence-electron chi connectivity index (χ2n) is 12.4. The fraction of sp³-hybridized carbons (Fsp3) is 0.273. The second kappa shape index (κ2) is 11.4. The quantitative estimate of drug-likeness (QED) is 0.188. The molecular formula is C33H38I2N2O2. The first-order chi connectivity index (χ1) is 17.4. The molecule has 0 aromatic heterocycles. The van der Waals surface area contributed by atoms with E-state index in [1.165, 1.54) is 22.3 Å². The van der Waals surface area contributed by atoms with Crippen molar-refractivity contribution < 1.29 is 67.1 Å². The van der Waals surface area contributed by atoms with E-state index in [0.29, 0.717) is 33.6 Å². The van der Waals surface area contributed by atoms with Crippen LogP contribution in [0.15, 0.2) is 84.9 Å². The molecule has 4 nitrogen and oxygen atoms in total. The highest BCUT2D eigenvalue weighted by Crippen LogP contribution is 2.56. The zero-order valence-corrected chi connectivity index (χ0v) is 27.9. The smallest absolute Gasteiger partial charge is 0.124 e. The van der Waals surface area contributed by atoms with Crippen LogP contribution in [-0.2, 0) is 18.5 Å². The van der Waals surface area contributed by atoms with Gasteiger partial charge in [-0.15, -0.1) is 0 Å². The lowest BCUT2D eigenvalue weighted by Crippen LogP contribution is -3.00. The molecule has 6 heteroatoms. The molecule has 0 amide bonds. The first kappa shape index (κ1) is 31.4. The number of benzene rings is 4. The van der Waals surface area contributed by atoms with Crippen LogP contribution in [0.2, 0.25) is 0 Å². The molecule has 0 saturated heterocycles. The summed E-state index contributed by atoms with van der Waals surface area (Å²) >= 11 is 0. The van der Waals surface area contributed by atoms with Gasteiger partial charge < -0.3 is 67.1 Å². The van der Waals surface area contributed by atoms with Crippen LogP contribution >= 0.6 is 0 Å². The number of hydrogen-bond donors (Lipinski definition) is 2. The van der Waals surface area contributed by atoms with Gasteiger partial charge in [-0.3, -0.25) is 0 Å². The number of hydrogen-bond acceptors (Lipinski definition) is 2. The predicted octanol–water partition coefficient (Wildman–Crippen LogP) is -0.119. The molecule has 0 aliphatic heterocycles. The molecule has 0 saturated carbocycles. The van der Waals surface area contributed by atoms with Crippen LogP contribution in [0.5, 0.6) is 11.5 Å². The number of aromatic hydroxyl groups is 2. The highest BCUT2D eigenvalue weighted by atomic mass is 127. The molecule has 39 heavy (non-hydrogen) atoms.